The van der Waals surface area contributed by atoms with E-state index in [9.17, 15) is 17.8 Å². The number of methoxy groups -OCH3 is 4. The van der Waals surface area contributed by atoms with E-state index in [-0.39, 0.29) is 57.9 Å². The molecule has 0 saturated carbocycles. The maximum atomic E-state index is 13.0. The molecular formula is C17H19NaO8S. The Balaban J connectivity index is 0.00000364. The van der Waals surface area contributed by atoms with Crippen LogP contribution in [0.25, 0.3) is 0 Å². The van der Waals surface area contributed by atoms with Gasteiger partial charge in [-0.05, 0) is 18.2 Å². The molecule has 0 aromatic heterocycles. The third kappa shape index (κ3) is 4.94. The Kier molecular flexibility index (Phi) is 8.12. The van der Waals surface area contributed by atoms with Crippen molar-refractivity contribution in [1.29, 1.82) is 0 Å². The fourth-order valence-electron chi connectivity index (χ4n) is 2.38. The number of ketones is 1. The topological polar surface area (TPSA) is 108 Å². The molecule has 0 atom stereocenters. The first-order valence-electron chi connectivity index (χ1n) is 7.27. The molecular weight excluding hydrogens is 387 g/mol. The molecule has 10 heteroatoms. The molecule has 0 saturated heterocycles. The average molecular weight is 406 g/mol. The van der Waals surface area contributed by atoms with E-state index in [1.165, 1.54) is 46.6 Å². The van der Waals surface area contributed by atoms with Gasteiger partial charge in [-0.1, -0.05) is 0 Å². The summed E-state index contributed by atoms with van der Waals surface area (Å²) in [5, 5.41) is 0. The third-order valence-corrected chi connectivity index (χ3v) is 4.54. The van der Waals surface area contributed by atoms with Crippen LogP contribution in [0.5, 0.6) is 23.0 Å². The van der Waals surface area contributed by atoms with E-state index in [1.54, 1.807) is 6.07 Å². The molecule has 0 heterocycles. The normalized spacial score (nSPS) is 10.6. The quantitative estimate of drug-likeness (QED) is 0.419. The minimum atomic E-state index is -4.62. The van der Waals surface area contributed by atoms with Crippen LogP contribution in [0.4, 0.5) is 0 Å². The zero-order valence-electron chi connectivity index (χ0n) is 14.6. The van der Waals surface area contributed by atoms with Crippen molar-refractivity contribution in [3.8, 4) is 23.0 Å². The Morgan fingerprint density at radius 2 is 1.37 bits per heavy atom. The number of rotatable bonds is 7. The predicted octanol–water partition coefficient (Wildman–Crippen LogP) is 1.55. The SMILES string of the molecule is COc1ccc(C(=O)c2cc(S(=O)(=O)O)c(OC)cc2OC)c(OC)c1.[NaH]. The molecule has 0 spiro atoms. The molecule has 2 aromatic carbocycles. The van der Waals surface area contributed by atoms with Gasteiger partial charge < -0.3 is 18.9 Å². The van der Waals surface area contributed by atoms with Gasteiger partial charge in [-0.25, -0.2) is 0 Å². The summed E-state index contributed by atoms with van der Waals surface area (Å²) in [6, 6.07) is 6.78. The van der Waals surface area contributed by atoms with Gasteiger partial charge in [0.15, 0.2) is 0 Å². The van der Waals surface area contributed by atoms with Gasteiger partial charge in [-0.2, -0.15) is 8.42 Å². The summed E-state index contributed by atoms with van der Waals surface area (Å²) in [7, 11) is 0.800. The van der Waals surface area contributed by atoms with E-state index in [0.717, 1.165) is 6.07 Å². The molecule has 0 bridgehead atoms. The third-order valence-electron chi connectivity index (χ3n) is 3.66. The van der Waals surface area contributed by atoms with Crippen molar-refractivity contribution in [2.75, 3.05) is 28.4 Å². The Labute approximate surface area is 179 Å². The van der Waals surface area contributed by atoms with Crippen LogP contribution in [0.1, 0.15) is 15.9 Å². The second kappa shape index (κ2) is 9.43. The summed E-state index contributed by atoms with van der Waals surface area (Å²) in [6.45, 7) is 0. The summed E-state index contributed by atoms with van der Waals surface area (Å²) >= 11 is 0. The summed E-state index contributed by atoms with van der Waals surface area (Å²) in [4.78, 5) is 12.4. The monoisotopic (exact) mass is 406 g/mol. The van der Waals surface area contributed by atoms with Gasteiger partial charge in [-0.3, -0.25) is 9.35 Å². The first-order valence-corrected chi connectivity index (χ1v) is 8.71. The van der Waals surface area contributed by atoms with Crippen molar-refractivity contribution in [3.63, 3.8) is 0 Å². The molecule has 0 radical (unpaired) electrons. The number of benzene rings is 2. The van der Waals surface area contributed by atoms with Gasteiger partial charge in [0.05, 0.1) is 39.6 Å². The van der Waals surface area contributed by atoms with Gasteiger partial charge in [0.2, 0.25) is 5.78 Å². The van der Waals surface area contributed by atoms with Crippen molar-refractivity contribution in [2.24, 2.45) is 0 Å². The number of ether oxygens (including phenoxy) is 4. The molecule has 142 valence electrons. The molecule has 2 rings (SSSR count). The van der Waals surface area contributed by atoms with E-state index in [0.29, 0.717) is 5.75 Å². The average Bonchev–Trinajstić information content (AvgIpc) is 2.64. The molecule has 27 heavy (non-hydrogen) atoms. The fraction of sp³-hybridized carbons (Fsp3) is 0.235. The zero-order chi connectivity index (χ0) is 19.5. The molecule has 1 N–H and O–H groups in total. The Morgan fingerprint density at radius 1 is 0.815 bits per heavy atom. The van der Waals surface area contributed by atoms with Crippen molar-refractivity contribution in [3.05, 3.63) is 41.5 Å². The van der Waals surface area contributed by atoms with Gasteiger partial charge in [0.25, 0.3) is 10.1 Å². The van der Waals surface area contributed by atoms with Gasteiger partial charge in [-0.15, -0.1) is 0 Å². The summed E-state index contributed by atoms with van der Waals surface area (Å²) in [6.07, 6.45) is 0. The first kappa shape index (κ1) is 23.3. The predicted molar refractivity (Wildman–Crippen MR) is 99.5 cm³/mol. The second-order valence-electron chi connectivity index (χ2n) is 5.07. The molecule has 0 aliphatic rings. The molecule has 0 aliphatic carbocycles. The molecule has 0 fully saturated rings. The number of hydrogen-bond donors (Lipinski definition) is 1. The van der Waals surface area contributed by atoms with Crippen LogP contribution in [-0.4, -0.2) is 76.8 Å². The Bertz CT molecular complexity index is 940. The standard InChI is InChI=1S/C17H18O8S.Na.H/c1-22-10-5-6-11(13(7-10)23-2)17(18)12-8-16(26(19,20)21)15(25-4)9-14(12)24-3;;/h5-9H,1-4H3,(H,19,20,21);;. The Hall–Kier alpha value is -1.78. The van der Waals surface area contributed by atoms with E-state index >= 15 is 0 Å². The number of hydrogen-bond acceptors (Lipinski definition) is 7. The fourth-order valence-corrected chi connectivity index (χ4v) is 3.04. The Morgan fingerprint density at radius 3 is 1.85 bits per heavy atom. The van der Waals surface area contributed by atoms with Crippen LogP contribution in [0.15, 0.2) is 35.2 Å². The van der Waals surface area contributed by atoms with Crippen molar-refractivity contribution < 1.29 is 36.7 Å². The number of carbonyl (C=O) groups is 1. The van der Waals surface area contributed by atoms with Crippen LogP contribution >= 0.6 is 0 Å². The maximum absolute atomic E-state index is 13.0. The minimum absolute atomic E-state index is 0. The van der Waals surface area contributed by atoms with E-state index in [2.05, 4.69) is 0 Å². The van der Waals surface area contributed by atoms with E-state index in [1.807, 2.05) is 0 Å². The van der Waals surface area contributed by atoms with Crippen molar-refractivity contribution in [1.82, 2.24) is 0 Å². The van der Waals surface area contributed by atoms with Gasteiger partial charge >= 0.3 is 29.6 Å². The van der Waals surface area contributed by atoms with Crippen LogP contribution in [0, 0.1) is 0 Å². The van der Waals surface area contributed by atoms with Crippen LogP contribution in [0.3, 0.4) is 0 Å². The number of carbonyl (C=O) groups excluding carboxylic acids is 1. The van der Waals surface area contributed by atoms with Crippen molar-refractivity contribution >= 4 is 45.5 Å². The molecule has 0 amide bonds. The molecule has 2 aromatic rings. The summed E-state index contributed by atoms with van der Waals surface area (Å²) < 4.78 is 53.1. The summed E-state index contributed by atoms with van der Waals surface area (Å²) in [5.41, 5.74) is 0.0856. The van der Waals surface area contributed by atoms with Gasteiger partial charge in [0.1, 0.15) is 27.9 Å². The summed E-state index contributed by atoms with van der Waals surface area (Å²) in [5.74, 6) is 0.0907. The van der Waals surface area contributed by atoms with E-state index < -0.39 is 20.8 Å². The van der Waals surface area contributed by atoms with Crippen LogP contribution in [-0.2, 0) is 10.1 Å². The van der Waals surface area contributed by atoms with Gasteiger partial charge in [0, 0.05) is 12.1 Å². The molecule has 0 aliphatic heterocycles. The van der Waals surface area contributed by atoms with Crippen LogP contribution in [0.2, 0.25) is 0 Å². The zero-order valence-corrected chi connectivity index (χ0v) is 15.4. The molecule has 0 unspecified atom stereocenters. The first-order chi connectivity index (χ1) is 12.3. The second-order valence-corrected chi connectivity index (χ2v) is 6.46. The molecule has 8 nitrogen and oxygen atoms in total. The van der Waals surface area contributed by atoms with Crippen molar-refractivity contribution in [2.45, 2.75) is 4.90 Å². The van der Waals surface area contributed by atoms with E-state index in [4.69, 9.17) is 18.9 Å². The van der Waals surface area contributed by atoms with Crippen LogP contribution < -0.4 is 18.9 Å².